The third-order valence-electron chi connectivity index (χ3n) is 3.93. The van der Waals surface area contributed by atoms with Gasteiger partial charge in [-0.2, -0.15) is 0 Å². The number of hydrogen-bond donors (Lipinski definition) is 1. The van der Waals surface area contributed by atoms with Gasteiger partial charge in [-0.25, -0.2) is 0 Å². The summed E-state index contributed by atoms with van der Waals surface area (Å²) >= 11 is 0. The molecule has 1 atom stereocenters. The number of aromatic nitrogens is 2. The van der Waals surface area contributed by atoms with E-state index in [0.29, 0.717) is 6.54 Å². The first-order valence-corrected chi connectivity index (χ1v) is 7.94. The molecule has 2 aromatic heterocycles. The lowest BCUT2D eigenvalue weighted by Gasteiger charge is -2.15. The van der Waals surface area contributed by atoms with E-state index in [2.05, 4.69) is 15.3 Å². The van der Waals surface area contributed by atoms with Gasteiger partial charge in [-0.3, -0.25) is 14.8 Å². The quantitative estimate of drug-likeness (QED) is 0.754. The van der Waals surface area contributed by atoms with Crippen molar-refractivity contribution in [1.29, 1.82) is 0 Å². The maximum absolute atomic E-state index is 12.6. The smallest absolute Gasteiger partial charge is 0.227 e. The summed E-state index contributed by atoms with van der Waals surface area (Å²) in [5.74, 6) is -0.173. The van der Waals surface area contributed by atoms with E-state index in [1.807, 2.05) is 43.3 Å². The van der Waals surface area contributed by atoms with Gasteiger partial charge in [0.2, 0.25) is 5.91 Å². The molecule has 0 bridgehead atoms. The molecule has 1 aromatic carbocycles. The topological polar surface area (TPSA) is 68.0 Å². The molecule has 2 heterocycles. The average Bonchev–Trinajstić information content (AvgIpc) is 3.16. The SMILES string of the molecule is CCC(C(=O)NCc1nccnc1-c1ccoc1)c1ccccc1. The van der Waals surface area contributed by atoms with Gasteiger partial charge in [0, 0.05) is 18.0 Å². The predicted octanol–water partition coefficient (Wildman–Crippen LogP) is 3.55. The Labute approximate surface area is 140 Å². The number of carbonyl (C=O) groups excluding carboxylic acids is 1. The number of carbonyl (C=O) groups is 1. The van der Waals surface area contributed by atoms with Gasteiger partial charge in [0.15, 0.2) is 0 Å². The largest absolute Gasteiger partial charge is 0.472 e. The van der Waals surface area contributed by atoms with Crippen LogP contribution in [0.2, 0.25) is 0 Å². The molecule has 0 radical (unpaired) electrons. The van der Waals surface area contributed by atoms with Gasteiger partial charge in [0.25, 0.3) is 0 Å². The van der Waals surface area contributed by atoms with Crippen molar-refractivity contribution in [3.05, 3.63) is 72.6 Å². The zero-order chi connectivity index (χ0) is 16.8. The third kappa shape index (κ3) is 3.51. The zero-order valence-electron chi connectivity index (χ0n) is 13.5. The predicted molar refractivity (Wildman–Crippen MR) is 91.1 cm³/mol. The molecule has 3 rings (SSSR count). The average molecular weight is 321 g/mol. The molecule has 0 fully saturated rings. The van der Waals surface area contributed by atoms with Crippen LogP contribution in [0.1, 0.15) is 30.5 Å². The normalized spacial score (nSPS) is 11.9. The van der Waals surface area contributed by atoms with E-state index in [0.717, 1.165) is 28.9 Å². The summed E-state index contributed by atoms with van der Waals surface area (Å²) in [7, 11) is 0. The highest BCUT2D eigenvalue weighted by atomic mass is 16.3. The number of nitrogens with one attached hydrogen (secondary N) is 1. The molecule has 5 nitrogen and oxygen atoms in total. The van der Waals surface area contributed by atoms with E-state index in [1.165, 1.54) is 0 Å². The Balaban J connectivity index is 1.73. The molecule has 1 N–H and O–H groups in total. The molecule has 122 valence electrons. The summed E-state index contributed by atoms with van der Waals surface area (Å²) in [6.07, 6.45) is 7.21. The summed E-state index contributed by atoms with van der Waals surface area (Å²) in [5.41, 5.74) is 3.31. The molecule has 5 heteroatoms. The summed E-state index contributed by atoms with van der Waals surface area (Å²) in [6, 6.07) is 11.6. The van der Waals surface area contributed by atoms with E-state index in [-0.39, 0.29) is 11.8 Å². The van der Waals surface area contributed by atoms with E-state index >= 15 is 0 Å². The molecule has 24 heavy (non-hydrogen) atoms. The summed E-state index contributed by atoms with van der Waals surface area (Å²) < 4.78 is 5.11. The minimum absolute atomic E-state index is 0.00695. The number of benzene rings is 1. The molecule has 0 aliphatic carbocycles. The second-order valence-electron chi connectivity index (χ2n) is 5.45. The Bertz CT molecular complexity index is 785. The van der Waals surface area contributed by atoms with Gasteiger partial charge in [0.05, 0.1) is 36.4 Å². The van der Waals surface area contributed by atoms with Crippen molar-refractivity contribution in [2.45, 2.75) is 25.8 Å². The van der Waals surface area contributed by atoms with Crippen molar-refractivity contribution in [3.8, 4) is 11.3 Å². The highest BCUT2D eigenvalue weighted by Gasteiger charge is 2.19. The van der Waals surface area contributed by atoms with Crippen molar-refractivity contribution in [3.63, 3.8) is 0 Å². The molecule has 0 spiro atoms. The standard InChI is InChI=1S/C19H19N3O2/c1-2-16(14-6-4-3-5-7-14)19(23)22-12-17-18(21-10-9-20-17)15-8-11-24-13-15/h3-11,13,16H,2,12H2,1H3,(H,22,23). The lowest BCUT2D eigenvalue weighted by atomic mass is 9.95. The van der Waals surface area contributed by atoms with Crippen molar-refractivity contribution < 1.29 is 9.21 Å². The fraction of sp³-hybridized carbons (Fsp3) is 0.211. The Morgan fingerprint density at radius 1 is 1.17 bits per heavy atom. The van der Waals surface area contributed by atoms with Gasteiger partial charge >= 0.3 is 0 Å². The highest BCUT2D eigenvalue weighted by molar-refractivity contribution is 5.83. The first-order chi connectivity index (χ1) is 11.8. The maximum Gasteiger partial charge on any atom is 0.227 e. The van der Waals surface area contributed by atoms with E-state index in [9.17, 15) is 4.79 Å². The molecule has 1 unspecified atom stereocenters. The van der Waals surface area contributed by atoms with Crippen molar-refractivity contribution >= 4 is 5.91 Å². The number of hydrogen-bond acceptors (Lipinski definition) is 4. The first-order valence-electron chi connectivity index (χ1n) is 7.94. The summed E-state index contributed by atoms with van der Waals surface area (Å²) in [5, 5.41) is 2.98. The monoisotopic (exact) mass is 321 g/mol. The van der Waals surface area contributed by atoms with Crippen LogP contribution in [0.5, 0.6) is 0 Å². The van der Waals surface area contributed by atoms with Crippen LogP contribution in [-0.2, 0) is 11.3 Å². The van der Waals surface area contributed by atoms with Gasteiger partial charge in [0.1, 0.15) is 0 Å². The van der Waals surface area contributed by atoms with Gasteiger partial charge in [-0.1, -0.05) is 37.3 Å². The van der Waals surface area contributed by atoms with Crippen LogP contribution in [0, 0.1) is 0 Å². The second-order valence-corrected chi connectivity index (χ2v) is 5.45. The first kappa shape index (κ1) is 15.9. The van der Waals surface area contributed by atoms with Crippen LogP contribution in [0.25, 0.3) is 11.3 Å². The molecule has 0 saturated heterocycles. The number of rotatable bonds is 6. The molecule has 3 aromatic rings. The molecular weight excluding hydrogens is 302 g/mol. The highest BCUT2D eigenvalue weighted by Crippen LogP contribution is 2.21. The van der Waals surface area contributed by atoms with E-state index in [4.69, 9.17) is 4.42 Å². The molecular formula is C19H19N3O2. The number of nitrogens with zero attached hydrogens (tertiary/aromatic N) is 2. The van der Waals surface area contributed by atoms with Crippen LogP contribution in [0.3, 0.4) is 0 Å². The van der Waals surface area contributed by atoms with Gasteiger partial charge < -0.3 is 9.73 Å². The molecule has 0 aliphatic rings. The van der Waals surface area contributed by atoms with Crippen molar-refractivity contribution in [2.75, 3.05) is 0 Å². The minimum Gasteiger partial charge on any atom is -0.472 e. The fourth-order valence-electron chi connectivity index (χ4n) is 2.69. The lowest BCUT2D eigenvalue weighted by molar-refractivity contribution is -0.122. The molecule has 0 aliphatic heterocycles. The minimum atomic E-state index is -0.166. The van der Waals surface area contributed by atoms with Crippen LogP contribution in [-0.4, -0.2) is 15.9 Å². The Morgan fingerprint density at radius 2 is 1.96 bits per heavy atom. The zero-order valence-corrected chi connectivity index (χ0v) is 13.5. The fourth-order valence-corrected chi connectivity index (χ4v) is 2.69. The number of furan rings is 1. The van der Waals surface area contributed by atoms with Gasteiger partial charge in [-0.15, -0.1) is 0 Å². The van der Waals surface area contributed by atoms with Crippen molar-refractivity contribution in [1.82, 2.24) is 15.3 Å². The Hall–Kier alpha value is -2.95. The molecule has 0 saturated carbocycles. The summed E-state index contributed by atoms with van der Waals surface area (Å²) in [4.78, 5) is 21.3. The van der Waals surface area contributed by atoms with E-state index in [1.54, 1.807) is 24.9 Å². The Morgan fingerprint density at radius 3 is 2.67 bits per heavy atom. The molecule has 1 amide bonds. The Kier molecular flexibility index (Phi) is 5.01. The van der Waals surface area contributed by atoms with E-state index < -0.39 is 0 Å². The van der Waals surface area contributed by atoms with Crippen LogP contribution >= 0.6 is 0 Å². The third-order valence-corrected chi connectivity index (χ3v) is 3.93. The van der Waals surface area contributed by atoms with Gasteiger partial charge in [-0.05, 0) is 18.1 Å². The van der Waals surface area contributed by atoms with Crippen LogP contribution in [0.15, 0.2) is 65.7 Å². The maximum atomic E-state index is 12.6. The van der Waals surface area contributed by atoms with Crippen molar-refractivity contribution in [2.24, 2.45) is 0 Å². The lowest BCUT2D eigenvalue weighted by Crippen LogP contribution is -2.29. The summed E-state index contributed by atoms with van der Waals surface area (Å²) in [6.45, 7) is 2.34. The van der Waals surface area contributed by atoms with Crippen LogP contribution in [0.4, 0.5) is 0 Å². The second kappa shape index (κ2) is 7.55. The van der Waals surface area contributed by atoms with Crippen LogP contribution < -0.4 is 5.32 Å². The number of amides is 1.